The predicted molar refractivity (Wildman–Crippen MR) is 83.0 cm³/mol. The second kappa shape index (κ2) is 7.64. The van der Waals surface area contributed by atoms with Crippen molar-refractivity contribution >= 4 is 23.4 Å². The molecule has 0 saturated carbocycles. The summed E-state index contributed by atoms with van der Waals surface area (Å²) in [6.07, 6.45) is 1.62. The smallest absolute Gasteiger partial charge is 0.234 e. The Balaban J connectivity index is 1.86. The normalized spacial score (nSPS) is 10.2. The molecule has 1 heterocycles. The Morgan fingerprint density at radius 1 is 1.24 bits per heavy atom. The minimum Gasteiger partial charge on any atom is -0.497 e. The summed E-state index contributed by atoms with van der Waals surface area (Å²) in [5.41, 5.74) is 0.648. The van der Waals surface area contributed by atoms with E-state index < -0.39 is 0 Å². The molecular weight excluding hydrogens is 290 g/mol. The summed E-state index contributed by atoms with van der Waals surface area (Å²) in [4.78, 5) is 11.9. The molecular formula is C15H17NO4S. The van der Waals surface area contributed by atoms with Crippen LogP contribution in [-0.2, 0) is 10.5 Å². The molecule has 0 spiro atoms. The third-order valence-corrected chi connectivity index (χ3v) is 3.65. The molecule has 0 aliphatic heterocycles. The predicted octanol–water partition coefficient (Wildman–Crippen LogP) is 3.17. The lowest BCUT2D eigenvalue weighted by Crippen LogP contribution is -2.14. The molecule has 0 atom stereocenters. The third-order valence-electron chi connectivity index (χ3n) is 2.69. The van der Waals surface area contributed by atoms with E-state index in [-0.39, 0.29) is 5.91 Å². The molecule has 112 valence electrons. The van der Waals surface area contributed by atoms with Gasteiger partial charge in [0.1, 0.15) is 17.3 Å². The Morgan fingerprint density at radius 3 is 2.52 bits per heavy atom. The van der Waals surface area contributed by atoms with E-state index in [1.54, 1.807) is 38.7 Å². The maximum atomic E-state index is 11.9. The lowest BCUT2D eigenvalue weighted by atomic mass is 10.2. The van der Waals surface area contributed by atoms with Crippen LogP contribution < -0.4 is 14.8 Å². The topological polar surface area (TPSA) is 60.7 Å². The molecule has 0 saturated heterocycles. The van der Waals surface area contributed by atoms with Crippen molar-refractivity contribution in [3.63, 3.8) is 0 Å². The second-order valence-corrected chi connectivity index (χ2v) is 5.21. The Kier molecular flexibility index (Phi) is 5.57. The largest absolute Gasteiger partial charge is 0.497 e. The molecule has 0 bridgehead atoms. The van der Waals surface area contributed by atoms with E-state index in [4.69, 9.17) is 13.9 Å². The molecule has 6 heteroatoms. The number of furan rings is 1. The summed E-state index contributed by atoms with van der Waals surface area (Å²) in [5.74, 6) is 3.06. The first-order valence-electron chi connectivity index (χ1n) is 6.34. The summed E-state index contributed by atoms with van der Waals surface area (Å²) < 4.78 is 15.5. The molecule has 21 heavy (non-hydrogen) atoms. The van der Waals surface area contributed by atoms with Gasteiger partial charge in [0.25, 0.3) is 0 Å². The van der Waals surface area contributed by atoms with Gasteiger partial charge in [-0.25, -0.2) is 0 Å². The van der Waals surface area contributed by atoms with E-state index in [1.807, 2.05) is 12.1 Å². The molecule has 1 aromatic heterocycles. The van der Waals surface area contributed by atoms with E-state index in [1.165, 1.54) is 11.8 Å². The SMILES string of the molecule is COc1cc(NC(=O)CSCc2ccco2)cc(OC)c1. The lowest BCUT2D eigenvalue weighted by Gasteiger charge is -2.09. The Morgan fingerprint density at radius 2 is 1.95 bits per heavy atom. The number of carbonyl (C=O) groups excluding carboxylic acids is 1. The summed E-state index contributed by atoms with van der Waals surface area (Å²) in [6.45, 7) is 0. The van der Waals surface area contributed by atoms with E-state index in [0.717, 1.165) is 5.76 Å². The molecule has 2 aromatic rings. The fourth-order valence-corrected chi connectivity index (χ4v) is 2.44. The van der Waals surface area contributed by atoms with Crippen molar-refractivity contribution in [1.82, 2.24) is 0 Å². The van der Waals surface area contributed by atoms with Gasteiger partial charge in [0, 0.05) is 23.9 Å². The van der Waals surface area contributed by atoms with Gasteiger partial charge in [-0.1, -0.05) is 0 Å². The van der Waals surface area contributed by atoms with Crippen LogP contribution in [0.2, 0.25) is 0 Å². The average molecular weight is 307 g/mol. The molecule has 1 N–H and O–H groups in total. The number of ether oxygens (including phenoxy) is 2. The molecule has 2 rings (SSSR count). The first-order chi connectivity index (χ1) is 10.2. The number of benzene rings is 1. The van der Waals surface area contributed by atoms with Crippen LogP contribution in [0.5, 0.6) is 11.5 Å². The van der Waals surface area contributed by atoms with Crippen LogP contribution >= 0.6 is 11.8 Å². The van der Waals surface area contributed by atoms with Crippen LogP contribution in [0, 0.1) is 0 Å². The molecule has 0 fully saturated rings. The highest BCUT2D eigenvalue weighted by Crippen LogP contribution is 2.26. The molecule has 0 radical (unpaired) electrons. The number of hydrogen-bond donors (Lipinski definition) is 1. The van der Waals surface area contributed by atoms with E-state index in [9.17, 15) is 4.79 Å². The van der Waals surface area contributed by atoms with Crippen molar-refractivity contribution in [2.75, 3.05) is 25.3 Å². The van der Waals surface area contributed by atoms with E-state index in [0.29, 0.717) is 28.7 Å². The number of thioether (sulfide) groups is 1. The van der Waals surface area contributed by atoms with Crippen LogP contribution in [0.1, 0.15) is 5.76 Å². The first kappa shape index (κ1) is 15.3. The van der Waals surface area contributed by atoms with Gasteiger partial charge in [-0.3, -0.25) is 4.79 Å². The zero-order chi connectivity index (χ0) is 15.1. The van der Waals surface area contributed by atoms with Crippen molar-refractivity contribution < 1.29 is 18.7 Å². The van der Waals surface area contributed by atoms with Gasteiger partial charge in [0.15, 0.2) is 0 Å². The number of anilines is 1. The number of hydrogen-bond acceptors (Lipinski definition) is 5. The highest BCUT2D eigenvalue weighted by molar-refractivity contribution is 7.99. The number of carbonyl (C=O) groups is 1. The summed E-state index contributed by atoms with van der Waals surface area (Å²) in [7, 11) is 3.14. The Labute approximate surface area is 127 Å². The van der Waals surface area contributed by atoms with Crippen molar-refractivity contribution in [3.8, 4) is 11.5 Å². The quantitative estimate of drug-likeness (QED) is 0.851. The van der Waals surface area contributed by atoms with E-state index >= 15 is 0 Å². The first-order valence-corrected chi connectivity index (χ1v) is 7.50. The number of methoxy groups -OCH3 is 2. The minimum atomic E-state index is -0.0816. The van der Waals surface area contributed by atoms with Crippen LogP contribution in [0.15, 0.2) is 41.0 Å². The number of rotatable bonds is 7. The fraction of sp³-hybridized carbons (Fsp3) is 0.267. The standard InChI is InChI=1S/C15H17NO4S/c1-18-13-6-11(7-14(8-13)19-2)16-15(17)10-21-9-12-4-3-5-20-12/h3-8H,9-10H2,1-2H3,(H,16,17). The van der Waals surface area contributed by atoms with Crippen molar-refractivity contribution in [3.05, 3.63) is 42.4 Å². The summed E-state index contributed by atoms with van der Waals surface area (Å²) >= 11 is 1.49. The van der Waals surface area contributed by atoms with Crippen molar-refractivity contribution in [1.29, 1.82) is 0 Å². The van der Waals surface area contributed by atoms with Gasteiger partial charge in [-0.05, 0) is 12.1 Å². The van der Waals surface area contributed by atoms with Crippen LogP contribution in [-0.4, -0.2) is 25.9 Å². The molecule has 1 amide bonds. The second-order valence-electron chi connectivity index (χ2n) is 4.22. The van der Waals surface area contributed by atoms with Gasteiger partial charge in [0.2, 0.25) is 5.91 Å². The van der Waals surface area contributed by atoms with Gasteiger partial charge >= 0.3 is 0 Å². The summed E-state index contributed by atoms with van der Waals surface area (Å²) in [6, 6.07) is 8.97. The highest BCUT2D eigenvalue weighted by atomic mass is 32.2. The van der Waals surface area contributed by atoms with E-state index in [2.05, 4.69) is 5.32 Å². The molecule has 5 nitrogen and oxygen atoms in total. The molecule has 0 unspecified atom stereocenters. The monoisotopic (exact) mass is 307 g/mol. The average Bonchev–Trinajstić information content (AvgIpc) is 3.00. The Bertz CT molecular complexity index is 561. The maximum absolute atomic E-state index is 11.9. The number of amides is 1. The molecule has 1 aromatic carbocycles. The van der Waals surface area contributed by atoms with Gasteiger partial charge in [0.05, 0.1) is 32.0 Å². The van der Waals surface area contributed by atoms with Crippen LogP contribution in [0.4, 0.5) is 5.69 Å². The van der Waals surface area contributed by atoms with Gasteiger partial charge in [-0.2, -0.15) is 0 Å². The number of nitrogens with one attached hydrogen (secondary N) is 1. The van der Waals surface area contributed by atoms with Gasteiger partial charge < -0.3 is 19.2 Å². The zero-order valence-electron chi connectivity index (χ0n) is 11.9. The van der Waals surface area contributed by atoms with Crippen LogP contribution in [0.3, 0.4) is 0 Å². The third kappa shape index (κ3) is 4.75. The molecule has 0 aliphatic rings. The van der Waals surface area contributed by atoms with Gasteiger partial charge in [-0.15, -0.1) is 11.8 Å². The summed E-state index contributed by atoms with van der Waals surface area (Å²) in [5, 5.41) is 2.82. The molecule has 0 aliphatic carbocycles. The highest BCUT2D eigenvalue weighted by Gasteiger charge is 2.07. The zero-order valence-corrected chi connectivity index (χ0v) is 12.7. The van der Waals surface area contributed by atoms with Crippen LogP contribution in [0.25, 0.3) is 0 Å². The van der Waals surface area contributed by atoms with Crippen molar-refractivity contribution in [2.24, 2.45) is 0 Å². The fourth-order valence-electron chi connectivity index (χ4n) is 1.72. The minimum absolute atomic E-state index is 0.0816. The maximum Gasteiger partial charge on any atom is 0.234 e. The Hall–Kier alpha value is -2.08. The lowest BCUT2D eigenvalue weighted by molar-refractivity contribution is -0.113. The van der Waals surface area contributed by atoms with Crippen molar-refractivity contribution in [2.45, 2.75) is 5.75 Å².